The van der Waals surface area contributed by atoms with E-state index < -0.39 is 11.6 Å². The van der Waals surface area contributed by atoms with E-state index in [1.165, 1.54) is 0 Å². The van der Waals surface area contributed by atoms with E-state index >= 15 is 0 Å². The monoisotopic (exact) mass is 533 g/mol. The van der Waals surface area contributed by atoms with Crippen LogP contribution in [0, 0.1) is 11.6 Å². The number of benzene rings is 2. The van der Waals surface area contributed by atoms with Crippen LogP contribution in [0.3, 0.4) is 0 Å². The summed E-state index contributed by atoms with van der Waals surface area (Å²) in [5, 5.41) is 10.5. The van der Waals surface area contributed by atoms with Crippen LogP contribution in [0.1, 0.15) is 11.5 Å². The van der Waals surface area contributed by atoms with Gasteiger partial charge in [0.05, 0.1) is 0 Å². The van der Waals surface area contributed by atoms with Crippen molar-refractivity contribution < 1.29 is 13.3 Å². The minimum Gasteiger partial charge on any atom is -0.356 e. The van der Waals surface area contributed by atoms with Crippen molar-refractivity contribution in [1.82, 2.24) is 20.8 Å². The number of rotatable bonds is 6. The molecular weight excluding hydrogens is 515 g/mol. The van der Waals surface area contributed by atoms with E-state index in [1.807, 2.05) is 12.1 Å². The van der Waals surface area contributed by atoms with Crippen molar-refractivity contribution in [2.75, 3.05) is 13.6 Å². The molecule has 1 aromatic heterocycles. The molecule has 0 atom stereocenters. The fourth-order valence-corrected chi connectivity index (χ4v) is 2.66. The molecule has 3 aromatic rings. The Balaban J connectivity index is 0.00000300. The second-order valence-corrected chi connectivity index (χ2v) is 6.30. The van der Waals surface area contributed by atoms with Gasteiger partial charge in [-0.1, -0.05) is 28.9 Å². The second kappa shape index (κ2) is 11.1. The quantitative estimate of drug-likeness (QED) is 0.282. The average molecular weight is 534 g/mol. The molecule has 0 fully saturated rings. The number of hydrogen-bond donors (Lipinski definition) is 2. The number of guanidine groups is 1. The van der Waals surface area contributed by atoms with Crippen LogP contribution in [0.15, 0.2) is 52.0 Å². The highest BCUT2D eigenvalue weighted by Gasteiger charge is 2.10. The van der Waals surface area contributed by atoms with Crippen LogP contribution in [0.25, 0.3) is 11.4 Å². The smallest absolute Gasteiger partial charge is 0.228 e. The van der Waals surface area contributed by atoms with E-state index in [-0.39, 0.29) is 36.1 Å². The first-order valence-corrected chi connectivity index (χ1v) is 8.90. The van der Waals surface area contributed by atoms with Crippen molar-refractivity contribution in [2.45, 2.75) is 13.0 Å². The zero-order valence-corrected chi connectivity index (χ0v) is 18.5. The van der Waals surface area contributed by atoms with Crippen molar-refractivity contribution in [3.05, 3.63) is 70.6 Å². The average Bonchev–Trinajstić information content (AvgIpc) is 3.16. The fraction of sp³-hybridized carbons (Fsp3) is 0.211. The van der Waals surface area contributed by atoms with Gasteiger partial charge in [0.15, 0.2) is 5.96 Å². The maximum absolute atomic E-state index is 13.7. The molecule has 0 aliphatic carbocycles. The normalized spacial score (nSPS) is 11.1. The van der Waals surface area contributed by atoms with Crippen molar-refractivity contribution in [3.8, 4) is 11.4 Å². The number of aliphatic imine (C=N–C) groups is 1. The van der Waals surface area contributed by atoms with Gasteiger partial charge in [-0.25, -0.2) is 8.78 Å². The molecule has 6 nitrogen and oxygen atoms in total. The lowest BCUT2D eigenvalue weighted by Gasteiger charge is -2.11. The molecule has 2 N–H and O–H groups in total. The Labute approximate surface area is 188 Å². The van der Waals surface area contributed by atoms with Crippen LogP contribution in [0.4, 0.5) is 8.78 Å². The highest BCUT2D eigenvalue weighted by atomic mass is 127. The van der Waals surface area contributed by atoms with Crippen molar-refractivity contribution in [1.29, 1.82) is 0 Å². The van der Waals surface area contributed by atoms with Crippen LogP contribution in [0.2, 0.25) is 5.02 Å². The first-order valence-electron chi connectivity index (χ1n) is 8.52. The molecule has 29 heavy (non-hydrogen) atoms. The van der Waals surface area contributed by atoms with E-state index in [1.54, 1.807) is 19.2 Å². The SMILES string of the molecule is CN=C(NCCc1nc(-c2cccc(Cl)c2)no1)NCc1cc(F)ccc1F.I. The third-order valence-corrected chi connectivity index (χ3v) is 4.09. The number of nitrogens with zero attached hydrogens (tertiary/aromatic N) is 3. The summed E-state index contributed by atoms with van der Waals surface area (Å²) in [5.41, 5.74) is 0.982. The minimum absolute atomic E-state index is 0. The van der Waals surface area contributed by atoms with E-state index in [9.17, 15) is 8.78 Å². The summed E-state index contributed by atoms with van der Waals surface area (Å²) in [6.07, 6.45) is 0.461. The van der Waals surface area contributed by atoms with Gasteiger partial charge in [-0.05, 0) is 30.3 Å². The lowest BCUT2D eigenvalue weighted by atomic mass is 10.2. The Hall–Kier alpha value is -2.27. The van der Waals surface area contributed by atoms with Crippen molar-refractivity contribution in [2.24, 2.45) is 4.99 Å². The van der Waals surface area contributed by atoms with Crippen LogP contribution in [-0.4, -0.2) is 29.7 Å². The van der Waals surface area contributed by atoms with Crippen LogP contribution in [-0.2, 0) is 13.0 Å². The first-order chi connectivity index (χ1) is 13.5. The molecule has 3 rings (SSSR count). The molecule has 0 bridgehead atoms. The predicted octanol–water partition coefficient (Wildman–Crippen LogP) is 4.19. The standard InChI is InChI=1S/C19H18ClF2N5O.HI/c1-23-19(25-11-13-10-15(21)5-6-16(13)22)24-8-7-17-26-18(27-28-17)12-3-2-4-14(20)9-12;/h2-6,9-10H,7-8,11H2,1H3,(H2,23,24,25);1H. The molecule has 1 heterocycles. The van der Waals surface area contributed by atoms with Gasteiger partial charge in [0.2, 0.25) is 11.7 Å². The Bertz CT molecular complexity index is 983. The topological polar surface area (TPSA) is 75.3 Å². The highest BCUT2D eigenvalue weighted by Crippen LogP contribution is 2.19. The third kappa shape index (κ3) is 6.64. The van der Waals surface area contributed by atoms with Crippen LogP contribution < -0.4 is 10.6 Å². The molecule has 0 radical (unpaired) electrons. The van der Waals surface area contributed by atoms with Gasteiger partial charge in [-0.2, -0.15) is 4.98 Å². The summed E-state index contributed by atoms with van der Waals surface area (Å²) in [6, 6.07) is 10.5. The maximum atomic E-state index is 13.7. The molecule has 0 spiro atoms. The lowest BCUT2D eigenvalue weighted by molar-refractivity contribution is 0.378. The Morgan fingerprint density at radius 1 is 1.17 bits per heavy atom. The molecule has 0 aliphatic heterocycles. The number of hydrogen-bond acceptors (Lipinski definition) is 4. The second-order valence-electron chi connectivity index (χ2n) is 5.86. The Morgan fingerprint density at radius 3 is 2.76 bits per heavy atom. The van der Waals surface area contributed by atoms with E-state index in [0.717, 1.165) is 23.8 Å². The van der Waals surface area contributed by atoms with Gasteiger partial charge in [0.25, 0.3) is 0 Å². The van der Waals surface area contributed by atoms with Crippen molar-refractivity contribution >= 4 is 41.5 Å². The predicted molar refractivity (Wildman–Crippen MR) is 118 cm³/mol. The van der Waals surface area contributed by atoms with Gasteiger partial charge in [-0.3, -0.25) is 4.99 Å². The molecule has 0 saturated heterocycles. The third-order valence-electron chi connectivity index (χ3n) is 3.86. The fourth-order valence-electron chi connectivity index (χ4n) is 2.47. The van der Waals surface area contributed by atoms with Crippen LogP contribution in [0.5, 0.6) is 0 Å². The summed E-state index contributed by atoms with van der Waals surface area (Å²) >= 11 is 5.97. The summed E-state index contributed by atoms with van der Waals surface area (Å²) < 4.78 is 32.1. The summed E-state index contributed by atoms with van der Waals surface area (Å²) in [6.45, 7) is 0.561. The zero-order valence-electron chi connectivity index (χ0n) is 15.5. The molecule has 0 amide bonds. The highest BCUT2D eigenvalue weighted by molar-refractivity contribution is 14.0. The molecule has 0 saturated carbocycles. The summed E-state index contributed by atoms with van der Waals surface area (Å²) in [5.74, 6) is 0.380. The minimum atomic E-state index is -0.493. The van der Waals surface area contributed by atoms with E-state index in [0.29, 0.717) is 35.7 Å². The molecular formula is C19H19ClF2IN5O. The van der Waals surface area contributed by atoms with Gasteiger partial charge < -0.3 is 15.2 Å². The van der Waals surface area contributed by atoms with Gasteiger partial charge in [-0.15, -0.1) is 24.0 Å². The first kappa shape index (κ1) is 23.0. The molecule has 2 aromatic carbocycles. The zero-order chi connectivity index (χ0) is 19.9. The molecule has 10 heteroatoms. The van der Waals surface area contributed by atoms with E-state index in [2.05, 4.69) is 25.8 Å². The number of halogens is 4. The van der Waals surface area contributed by atoms with E-state index in [4.69, 9.17) is 16.1 Å². The Morgan fingerprint density at radius 2 is 2.00 bits per heavy atom. The maximum Gasteiger partial charge on any atom is 0.228 e. The summed E-state index contributed by atoms with van der Waals surface area (Å²) in [4.78, 5) is 8.38. The molecule has 0 aliphatic rings. The Kier molecular flexibility index (Phi) is 8.77. The van der Waals surface area contributed by atoms with Gasteiger partial charge in [0, 0.05) is 42.7 Å². The number of nitrogens with one attached hydrogen (secondary N) is 2. The van der Waals surface area contributed by atoms with Gasteiger partial charge >= 0.3 is 0 Å². The van der Waals surface area contributed by atoms with Crippen LogP contribution >= 0.6 is 35.6 Å². The van der Waals surface area contributed by atoms with Gasteiger partial charge in [0.1, 0.15) is 11.6 Å². The molecule has 0 unspecified atom stereocenters. The lowest BCUT2D eigenvalue weighted by Crippen LogP contribution is -2.38. The largest absolute Gasteiger partial charge is 0.356 e. The summed E-state index contributed by atoms with van der Waals surface area (Å²) in [7, 11) is 1.58. The molecule has 154 valence electrons. The number of aromatic nitrogens is 2. The van der Waals surface area contributed by atoms with Crippen molar-refractivity contribution in [3.63, 3.8) is 0 Å².